The number of aliphatic hydroxyl groups is 1. The number of ether oxygens (including phenoxy) is 1. The second-order valence-electron chi connectivity index (χ2n) is 7.71. The molecule has 3 heteroatoms. The van der Waals surface area contributed by atoms with Crippen LogP contribution in [0.4, 0.5) is 0 Å². The number of benzene rings is 2. The van der Waals surface area contributed by atoms with Gasteiger partial charge in [0.1, 0.15) is 17.1 Å². The average molecular weight is 346 g/mol. The molecule has 1 spiro atoms. The van der Waals surface area contributed by atoms with Gasteiger partial charge in [0.15, 0.2) is 5.78 Å². The summed E-state index contributed by atoms with van der Waals surface area (Å²) in [6.45, 7) is 0. The second-order valence-corrected chi connectivity index (χ2v) is 7.71. The lowest BCUT2D eigenvalue weighted by molar-refractivity contribution is -0.125. The Morgan fingerprint density at radius 2 is 1.77 bits per heavy atom. The molecule has 3 aliphatic rings. The third-order valence-electron chi connectivity index (χ3n) is 6.40. The fourth-order valence-electron chi connectivity index (χ4n) is 5.33. The predicted molar refractivity (Wildman–Crippen MR) is 100 cm³/mol. The predicted octanol–water partition coefficient (Wildman–Crippen LogP) is 5.03. The first-order valence-electron chi connectivity index (χ1n) is 9.51. The zero-order valence-electron chi connectivity index (χ0n) is 14.7. The molecule has 0 saturated heterocycles. The highest BCUT2D eigenvalue weighted by Gasteiger charge is 2.58. The Bertz CT molecular complexity index is 899. The van der Waals surface area contributed by atoms with Gasteiger partial charge in [-0.25, -0.2) is 0 Å². The first-order chi connectivity index (χ1) is 12.7. The zero-order chi connectivity index (χ0) is 17.7. The molecule has 1 N–H and O–H groups in total. The van der Waals surface area contributed by atoms with Crippen LogP contribution >= 0.6 is 0 Å². The van der Waals surface area contributed by atoms with E-state index in [9.17, 15) is 9.90 Å². The molecule has 2 aromatic carbocycles. The molecule has 26 heavy (non-hydrogen) atoms. The van der Waals surface area contributed by atoms with Crippen LogP contribution in [0.25, 0.3) is 5.76 Å². The van der Waals surface area contributed by atoms with Crippen LogP contribution in [0.15, 0.2) is 60.2 Å². The van der Waals surface area contributed by atoms with Gasteiger partial charge in [-0.05, 0) is 42.9 Å². The van der Waals surface area contributed by atoms with Gasteiger partial charge in [0.2, 0.25) is 0 Å². The topological polar surface area (TPSA) is 46.5 Å². The van der Waals surface area contributed by atoms with E-state index in [2.05, 4.69) is 12.1 Å². The van der Waals surface area contributed by atoms with E-state index < -0.39 is 5.60 Å². The van der Waals surface area contributed by atoms with E-state index >= 15 is 0 Å². The summed E-state index contributed by atoms with van der Waals surface area (Å²) in [5, 5.41) is 11.0. The number of carbonyl (C=O) groups is 1. The number of aliphatic hydroxyl groups excluding tert-OH is 1. The SMILES string of the molecule is O=C1CC(c2ccccc2)[C@@H]2CCCCC23Oc2ccccc2C(O)=C13. The van der Waals surface area contributed by atoms with Crippen LogP contribution in [0.1, 0.15) is 49.1 Å². The minimum absolute atomic E-state index is 0.0315. The Kier molecular flexibility index (Phi) is 3.46. The van der Waals surface area contributed by atoms with Crippen molar-refractivity contribution in [3.8, 4) is 5.75 Å². The molecular formula is C23H22O3. The maximum atomic E-state index is 13.2. The Balaban J connectivity index is 1.70. The summed E-state index contributed by atoms with van der Waals surface area (Å²) in [7, 11) is 0. The van der Waals surface area contributed by atoms with Gasteiger partial charge >= 0.3 is 0 Å². The Morgan fingerprint density at radius 1 is 1.00 bits per heavy atom. The van der Waals surface area contributed by atoms with Gasteiger partial charge in [0.25, 0.3) is 0 Å². The van der Waals surface area contributed by atoms with Crippen LogP contribution in [0.3, 0.4) is 0 Å². The van der Waals surface area contributed by atoms with Crippen molar-refractivity contribution in [3.05, 3.63) is 71.3 Å². The summed E-state index contributed by atoms with van der Waals surface area (Å²) in [5.41, 5.74) is 1.68. The standard InChI is InChI=1S/C23H22O3/c24-19-14-17(15-8-2-1-3-9-15)18-11-6-7-13-23(18)21(19)22(25)16-10-4-5-12-20(16)26-23/h1-5,8-10,12,17-18,25H,6-7,11,13-14H2/t17?,18-,23?/m0/s1. The first kappa shape index (κ1) is 15.7. The number of hydrogen-bond acceptors (Lipinski definition) is 3. The van der Waals surface area contributed by atoms with E-state index in [-0.39, 0.29) is 23.4 Å². The molecule has 0 amide bonds. The Hall–Kier alpha value is -2.55. The minimum atomic E-state index is -0.688. The summed E-state index contributed by atoms with van der Waals surface area (Å²) < 4.78 is 6.58. The number of Topliss-reactive ketones (excluding diaryl/α,β-unsaturated/α-hetero) is 1. The smallest absolute Gasteiger partial charge is 0.167 e. The third kappa shape index (κ3) is 2.09. The van der Waals surface area contributed by atoms with Crippen molar-refractivity contribution in [1.29, 1.82) is 0 Å². The highest BCUT2D eigenvalue weighted by molar-refractivity contribution is 6.06. The van der Waals surface area contributed by atoms with E-state index in [0.29, 0.717) is 23.3 Å². The number of fused-ring (bicyclic) bond motifs is 1. The van der Waals surface area contributed by atoms with Crippen molar-refractivity contribution in [2.75, 3.05) is 0 Å². The van der Waals surface area contributed by atoms with Crippen LogP contribution in [-0.2, 0) is 4.79 Å². The van der Waals surface area contributed by atoms with Crippen molar-refractivity contribution < 1.29 is 14.6 Å². The molecule has 2 aromatic rings. The van der Waals surface area contributed by atoms with Crippen LogP contribution < -0.4 is 4.74 Å². The normalized spacial score (nSPS) is 30.1. The molecule has 132 valence electrons. The maximum Gasteiger partial charge on any atom is 0.167 e. The molecule has 2 saturated carbocycles. The largest absolute Gasteiger partial charge is 0.507 e. The van der Waals surface area contributed by atoms with Crippen LogP contribution in [0.2, 0.25) is 0 Å². The summed E-state index contributed by atoms with van der Waals surface area (Å²) in [5.74, 6) is 1.22. The minimum Gasteiger partial charge on any atom is -0.507 e. The van der Waals surface area contributed by atoms with Crippen molar-refractivity contribution >= 4 is 11.5 Å². The van der Waals surface area contributed by atoms with E-state index in [1.807, 2.05) is 42.5 Å². The molecule has 0 radical (unpaired) electrons. The van der Waals surface area contributed by atoms with Gasteiger partial charge in [-0.1, -0.05) is 48.9 Å². The van der Waals surface area contributed by atoms with Crippen molar-refractivity contribution in [2.45, 2.75) is 43.6 Å². The van der Waals surface area contributed by atoms with Crippen LogP contribution in [0.5, 0.6) is 5.75 Å². The molecule has 5 rings (SSSR count). The molecule has 0 aromatic heterocycles. The van der Waals surface area contributed by atoms with E-state index in [1.165, 1.54) is 5.56 Å². The summed E-state index contributed by atoms with van der Waals surface area (Å²) in [6, 6.07) is 17.8. The zero-order valence-corrected chi connectivity index (χ0v) is 14.7. The van der Waals surface area contributed by atoms with E-state index in [1.54, 1.807) is 0 Å². The highest BCUT2D eigenvalue weighted by atomic mass is 16.5. The fraction of sp³-hybridized carbons (Fsp3) is 0.348. The van der Waals surface area contributed by atoms with E-state index in [0.717, 1.165) is 25.7 Å². The molecule has 1 aliphatic heterocycles. The van der Waals surface area contributed by atoms with Gasteiger partial charge in [-0.15, -0.1) is 0 Å². The number of para-hydroxylation sites is 1. The third-order valence-corrected chi connectivity index (χ3v) is 6.40. The lowest BCUT2D eigenvalue weighted by atomic mass is 9.57. The molecule has 3 atom stereocenters. The van der Waals surface area contributed by atoms with Gasteiger partial charge < -0.3 is 9.84 Å². The molecule has 2 unspecified atom stereocenters. The monoisotopic (exact) mass is 346 g/mol. The summed E-state index contributed by atoms with van der Waals surface area (Å²) in [4.78, 5) is 13.2. The molecule has 0 bridgehead atoms. The van der Waals surface area contributed by atoms with Crippen molar-refractivity contribution in [3.63, 3.8) is 0 Å². The number of carbonyl (C=O) groups excluding carboxylic acids is 1. The highest BCUT2D eigenvalue weighted by Crippen LogP contribution is 2.57. The van der Waals surface area contributed by atoms with Gasteiger partial charge in [0.05, 0.1) is 11.1 Å². The summed E-state index contributed by atoms with van der Waals surface area (Å²) >= 11 is 0. The van der Waals surface area contributed by atoms with Crippen LogP contribution in [0, 0.1) is 5.92 Å². The molecule has 1 heterocycles. The van der Waals surface area contributed by atoms with Gasteiger partial charge in [-0.3, -0.25) is 4.79 Å². The van der Waals surface area contributed by atoms with Crippen molar-refractivity contribution in [2.24, 2.45) is 5.92 Å². The lowest BCUT2D eigenvalue weighted by Gasteiger charge is -2.53. The number of rotatable bonds is 1. The van der Waals surface area contributed by atoms with Crippen molar-refractivity contribution in [1.82, 2.24) is 0 Å². The molecular weight excluding hydrogens is 324 g/mol. The molecule has 3 nitrogen and oxygen atoms in total. The maximum absolute atomic E-state index is 13.2. The quantitative estimate of drug-likeness (QED) is 0.787. The number of ketones is 1. The van der Waals surface area contributed by atoms with E-state index in [4.69, 9.17) is 4.74 Å². The molecule has 2 fully saturated rings. The fourth-order valence-corrected chi connectivity index (χ4v) is 5.33. The lowest BCUT2D eigenvalue weighted by Crippen LogP contribution is -2.56. The summed E-state index contributed by atoms with van der Waals surface area (Å²) in [6.07, 6.45) is 4.42. The molecule has 2 aliphatic carbocycles. The van der Waals surface area contributed by atoms with Gasteiger partial charge in [-0.2, -0.15) is 0 Å². The Morgan fingerprint density at radius 3 is 2.62 bits per heavy atom. The number of hydrogen-bond donors (Lipinski definition) is 1. The van der Waals surface area contributed by atoms with Gasteiger partial charge in [0, 0.05) is 12.3 Å². The van der Waals surface area contributed by atoms with Crippen LogP contribution in [-0.4, -0.2) is 16.5 Å². The average Bonchev–Trinajstić information content (AvgIpc) is 2.67. The Labute approximate surface area is 153 Å². The first-order valence-corrected chi connectivity index (χ1v) is 9.51. The second kappa shape index (κ2) is 5.73.